The Hall–Kier alpha value is -4.43. The molecule has 0 unspecified atom stereocenters. The molecule has 0 radical (unpaired) electrons. The fourth-order valence-corrected chi connectivity index (χ4v) is 4.69. The molecule has 2 aromatic carbocycles. The van der Waals surface area contributed by atoms with Crippen molar-refractivity contribution in [1.29, 1.82) is 5.26 Å². The summed E-state index contributed by atoms with van der Waals surface area (Å²) in [6.45, 7) is 2.09. The zero-order chi connectivity index (χ0) is 23.2. The number of allylic oxidation sites excluding steroid dienone is 5. The van der Waals surface area contributed by atoms with Gasteiger partial charge in [-0.15, -0.1) is 0 Å². The third-order valence-corrected chi connectivity index (χ3v) is 6.40. The van der Waals surface area contributed by atoms with E-state index in [0.717, 1.165) is 50.4 Å². The van der Waals surface area contributed by atoms with Gasteiger partial charge in [0.25, 0.3) is 0 Å². The van der Waals surface area contributed by atoms with Crippen LogP contribution in [0.2, 0.25) is 0 Å². The lowest BCUT2D eigenvalue weighted by Crippen LogP contribution is -2.02. The highest BCUT2D eigenvalue weighted by Crippen LogP contribution is 2.39. The predicted octanol–water partition coefficient (Wildman–Crippen LogP) is 6.26. The Morgan fingerprint density at radius 1 is 1.15 bits per heavy atom. The number of fused-ring (bicyclic) bond motifs is 3. The maximum absolute atomic E-state index is 13.9. The van der Waals surface area contributed by atoms with E-state index >= 15 is 0 Å². The molecule has 6 rings (SSSR count). The Morgan fingerprint density at radius 3 is 2.79 bits per heavy atom. The van der Waals surface area contributed by atoms with Crippen molar-refractivity contribution in [2.24, 2.45) is 0 Å². The second-order valence-corrected chi connectivity index (χ2v) is 8.53. The minimum absolute atomic E-state index is 0.301. The summed E-state index contributed by atoms with van der Waals surface area (Å²) in [5, 5.41) is 9.68. The Kier molecular flexibility index (Phi) is 4.67. The Labute approximate surface area is 196 Å². The number of halogens is 1. The summed E-state index contributed by atoms with van der Waals surface area (Å²) in [7, 11) is 0. The molecule has 1 aliphatic carbocycles. The quantitative estimate of drug-likeness (QED) is 0.350. The molecule has 164 valence electrons. The van der Waals surface area contributed by atoms with Crippen LogP contribution in [0.4, 0.5) is 4.39 Å². The fraction of sp³-hybridized carbons (Fsp3) is 0.103. The molecule has 2 aliphatic rings. The van der Waals surface area contributed by atoms with E-state index in [9.17, 15) is 9.65 Å². The van der Waals surface area contributed by atoms with Gasteiger partial charge >= 0.3 is 0 Å². The molecule has 0 saturated heterocycles. The van der Waals surface area contributed by atoms with E-state index in [1.54, 1.807) is 13.0 Å². The van der Waals surface area contributed by atoms with Crippen molar-refractivity contribution in [2.45, 2.75) is 20.0 Å². The number of benzene rings is 2. The van der Waals surface area contributed by atoms with Crippen molar-refractivity contribution in [3.8, 4) is 11.8 Å². The van der Waals surface area contributed by atoms with Crippen LogP contribution in [0.5, 0.6) is 5.75 Å². The first kappa shape index (κ1) is 20.2. The smallest absolute Gasteiger partial charge is 0.137 e. The second kappa shape index (κ2) is 7.86. The molecule has 2 aromatic heterocycles. The molecule has 0 amide bonds. The van der Waals surface area contributed by atoms with Crippen molar-refractivity contribution >= 4 is 16.8 Å². The number of pyridine rings is 1. The minimum Gasteiger partial charge on any atom is -0.488 e. The van der Waals surface area contributed by atoms with E-state index in [0.29, 0.717) is 24.4 Å². The Morgan fingerprint density at radius 2 is 2.00 bits per heavy atom. The molecule has 3 heterocycles. The molecule has 1 aliphatic heterocycles. The zero-order valence-corrected chi connectivity index (χ0v) is 18.5. The lowest BCUT2D eigenvalue weighted by molar-refractivity contribution is 0.305. The van der Waals surface area contributed by atoms with Gasteiger partial charge in [0.1, 0.15) is 23.8 Å². The second-order valence-electron chi connectivity index (χ2n) is 8.53. The average Bonchev–Trinajstić information content (AvgIpc) is 3.07. The first-order valence-electron chi connectivity index (χ1n) is 11.1. The van der Waals surface area contributed by atoms with Crippen LogP contribution in [0.15, 0.2) is 84.6 Å². The van der Waals surface area contributed by atoms with E-state index in [2.05, 4.69) is 34.8 Å². The lowest BCUT2D eigenvalue weighted by atomic mass is 9.89. The van der Waals surface area contributed by atoms with Crippen LogP contribution >= 0.6 is 0 Å². The molecule has 0 fully saturated rings. The Bertz CT molecular complexity index is 1610. The molecule has 4 nitrogen and oxygen atoms in total. The van der Waals surface area contributed by atoms with Crippen LogP contribution in [-0.2, 0) is 13.0 Å². The van der Waals surface area contributed by atoms with Crippen LogP contribution in [0, 0.1) is 17.1 Å². The van der Waals surface area contributed by atoms with Crippen molar-refractivity contribution in [2.75, 3.05) is 0 Å². The van der Waals surface area contributed by atoms with Crippen molar-refractivity contribution in [1.82, 2.24) is 9.38 Å². The van der Waals surface area contributed by atoms with E-state index in [1.807, 2.05) is 36.5 Å². The van der Waals surface area contributed by atoms with E-state index < -0.39 is 0 Å². The third-order valence-electron chi connectivity index (χ3n) is 6.40. The molecule has 0 saturated carbocycles. The summed E-state index contributed by atoms with van der Waals surface area (Å²) in [4.78, 5) is 4.85. The van der Waals surface area contributed by atoms with Gasteiger partial charge in [0, 0.05) is 41.0 Å². The fourth-order valence-electron chi connectivity index (χ4n) is 4.69. The maximum atomic E-state index is 13.9. The number of hydrogen-bond acceptors (Lipinski definition) is 3. The van der Waals surface area contributed by atoms with Gasteiger partial charge in [-0.05, 0) is 47.9 Å². The van der Waals surface area contributed by atoms with E-state index in [4.69, 9.17) is 9.72 Å². The minimum atomic E-state index is -0.362. The zero-order valence-electron chi connectivity index (χ0n) is 18.5. The van der Waals surface area contributed by atoms with Crippen LogP contribution < -0.4 is 4.74 Å². The highest BCUT2D eigenvalue weighted by molar-refractivity contribution is 5.88. The lowest BCUT2D eigenvalue weighted by Gasteiger charge is -2.13. The van der Waals surface area contributed by atoms with Gasteiger partial charge in [-0.3, -0.25) is 0 Å². The van der Waals surface area contributed by atoms with Crippen LogP contribution in [-0.4, -0.2) is 9.38 Å². The topological polar surface area (TPSA) is 50.3 Å². The van der Waals surface area contributed by atoms with Crippen LogP contribution in [0.3, 0.4) is 0 Å². The molecular formula is C29H20FN3O. The first-order chi connectivity index (χ1) is 16.6. The van der Waals surface area contributed by atoms with Gasteiger partial charge in [0.05, 0.1) is 17.5 Å². The monoisotopic (exact) mass is 445 g/mol. The molecular weight excluding hydrogens is 425 g/mol. The van der Waals surface area contributed by atoms with Gasteiger partial charge in [-0.2, -0.15) is 5.26 Å². The van der Waals surface area contributed by atoms with Gasteiger partial charge < -0.3 is 9.14 Å². The predicted molar refractivity (Wildman–Crippen MR) is 130 cm³/mol. The van der Waals surface area contributed by atoms with Gasteiger partial charge in [0.2, 0.25) is 0 Å². The highest BCUT2D eigenvalue weighted by atomic mass is 19.1. The number of nitrogens with zero attached hydrogens (tertiary/aromatic N) is 3. The summed E-state index contributed by atoms with van der Waals surface area (Å²) < 4.78 is 22.1. The number of aromatic nitrogens is 2. The largest absolute Gasteiger partial charge is 0.488 e. The molecule has 34 heavy (non-hydrogen) atoms. The van der Waals surface area contributed by atoms with Crippen molar-refractivity contribution in [3.05, 3.63) is 124 Å². The standard InChI is InChI=1S/C29H20FN3O/c1-18(16-31)28-23-10-8-19(13-21(23)17-34-26-15-22(30)9-11-24(26)28)14-25-29(20-5-4-6-20)32-27-7-2-3-12-33(25)27/h2-13,15H,14,17H2,1H3/b28-18-. The average molecular weight is 445 g/mol. The first-order valence-corrected chi connectivity index (χ1v) is 11.1. The number of imidazole rings is 1. The normalized spacial score (nSPS) is 15.4. The number of rotatable bonds is 3. The maximum Gasteiger partial charge on any atom is 0.137 e. The summed E-state index contributed by atoms with van der Waals surface area (Å²) >= 11 is 0. The number of ether oxygens (including phenoxy) is 1. The van der Waals surface area contributed by atoms with E-state index in [1.165, 1.54) is 12.1 Å². The molecule has 4 aromatic rings. The molecule has 0 spiro atoms. The third kappa shape index (κ3) is 3.23. The van der Waals surface area contributed by atoms with Gasteiger partial charge in [-0.25, -0.2) is 9.37 Å². The molecule has 0 atom stereocenters. The highest BCUT2D eigenvalue weighted by Gasteiger charge is 2.23. The van der Waals surface area contributed by atoms with Gasteiger partial charge in [0.15, 0.2) is 0 Å². The molecule has 0 N–H and O–H groups in total. The van der Waals surface area contributed by atoms with Crippen LogP contribution in [0.1, 0.15) is 40.6 Å². The number of nitriles is 1. The summed E-state index contributed by atoms with van der Waals surface area (Å²) in [6.07, 6.45) is 8.91. The summed E-state index contributed by atoms with van der Waals surface area (Å²) in [6, 6.07) is 19.0. The summed E-state index contributed by atoms with van der Waals surface area (Å²) in [5.74, 6) is 0.0916. The molecule has 0 bridgehead atoms. The number of hydrogen-bond donors (Lipinski definition) is 0. The van der Waals surface area contributed by atoms with Crippen LogP contribution in [0.25, 0.3) is 16.8 Å². The molecule has 5 heteroatoms. The van der Waals surface area contributed by atoms with E-state index in [-0.39, 0.29) is 5.82 Å². The SMILES string of the molecule is C/C(C#N)=C1\c2ccc(Cc3c(C4=CC=C4)nc4ccccn34)cc2COc2cc(F)ccc21. The van der Waals surface area contributed by atoms with Gasteiger partial charge in [-0.1, -0.05) is 42.5 Å². The Balaban J connectivity index is 1.45. The van der Waals surface area contributed by atoms with Crippen molar-refractivity contribution in [3.63, 3.8) is 0 Å². The summed E-state index contributed by atoms with van der Waals surface area (Å²) in [5.41, 5.74) is 9.27. The van der Waals surface area contributed by atoms with Crippen molar-refractivity contribution < 1.29 is 9.13 Å².